The summed E-state index contributed by atoms with van der Waals surface area (Å²) in [6, 6.07) is 10.6. The molecule has 1 aromatic heterocycles. The number of ether oxygens (including phenoxy) is 2. The zero-order valence-corrected chi connectivity index (χ0v) is 19.7. The van der Waals surface area contributed by atoms with Crippen LogP contribution in [0.5, 0.6) is 5.75 Å². The van der Waals surface area contributed by atoms with Gasteiger partial charge in [-0.3, -0.25) is 4.79 Å². The number of halogens is 2. The Kier molecular flexibility index (Phi) is 7.04. The molecule has 0 aliphatic heterocycles. The second-order valence-electron chi connectivity index (χ2n) is 6.69. The maximum Gasteiger partial charge on any atom is 0.343 e. The van der Waals surface area contributed by atoms with E-state index in [-0.39, 0.29) is 18.1 Å². The van der Waals surface area contributed by atoms with Gasteiger partial charge in [0.05, 0.1) is 24.2 Å². The van der Waals surface area contributed by atoms with Crippen LogP contribution in [0.1, 0.15) is 31.2 Å². The highest BCUT2D eigenvalue weighted by molar-refractivity contribution is 9.10. The van der Waals surface area contributed by atoms with Gasteiger partial charge >= 0.3 is 5.97 Å². The van der Waals surface area contributed by atoms with Crippen molar-refractivity contribution in [3.63, 3.8) is 0 Å². The van der Waals surface area contributed by atoms with Crippen molar-refractivity contribution in [3.8, 4) is 5.75 Å². The number of methoxy groups -OCH3 is 1. The van der Waals surface area contributed by atoms with Crippen molar-refractivity contribution in [1.82, 2.24) is 9.66 Å². The minimum atomic E-state index is -0.497. The molecule has 156 valence electrons. The molecule has 0 amide bonds. The highest BCUT2D eigenvalue weighted by Crippen LogP contribution is 2.23. The maximum absolute atomic E-state index is 13.1. The lowest BCUT2D eigenvalue weighted by atomic mass is 10.2. The first-order chi connectivity index (χ1) is 14.3. The number of carbonyl (C=O) groups is 1. The molecule has 0 saturated carbocycles. The van der Waals surface area contributed by atoms with E-state index in [1.165, 1.54) is 18.0 Å². The molecule has 0 radical (unpaired) electrons. The Hall–Kier alpha value is -2.52. The van der Waals surface area contributed by atoms with Crippen molar-refractivity contribution in [3.05, 3.63) is 67.1 Å². The van der Waals surface area contributed by atoms with Crippen molar-refractivity contribution in [1.29, 1.82) is 0 Å². The van der Waals surface area contributed by atoms with E-state index in [0.29, 0.717) is 28.0 Å². The van der Waals surface area contributed by atoms with Crippen LogP contribution < -0.4 is 10.3 Å². The van der Waals surface area contributed by atoms with Crippen LogP contribution in [0.2, 0.25) is 0 Å². The van der Waals surface area contributed by atoms with Crippen LogP contribution in [-0.2, 0) is 9.53 Å². The molecule has 0 N–H and O–H groups in total. The average Bonchev–Trinajstić information content (AvgIpc) is 2.72. The number of nitrogens with zero attached hydrogens (tertiary/aromatic N) is 3. The van der Waals surface area contributed by atoms with Crippen molar-refractivity contribution >= 4 is 54.9 Å². The van der Waals surface area contributed by atoms with Crippen LogP contribution >= 0.6 is 31.9 Å². The molecule has 3 aromatic rings. The van der Waals surface area contributed by atoms with Gasteiger partial charge in [0, 0.05) is 20.4 Å². The summed E-state index contributed by atoms with van der Waals surface area (Å²) in [7, 11) is 1.29. The summed E-state index contributed by atoms with van der Waals surface area (Å²) in [5.41, 5.74) is 0.931. The lowest BCUT2D eigenvalue weighted by Crippen LogP contribution is -2.23. The fraction of sp³-hybridized carbons (Fsp3) is 0.238. The highest BCUT2D eigenvalue weighted by Gasteiger charge is 2.14. The van der Waals surface area contributed by atoms with Gasteiger partial charge < -0.3 is 9.47 Å². The van der Waals surface area contributed by atoms with E-state index in [1.807, 2.05) is 19.9 Å². The quantitative estimate of drug-likeness (QED) is 0.342. The lowest BCUT2D eigenvalue weighted by molar-refractivity contribution is -0.142. The number of rotatable bonds is 6. The van der Waals surface area contributed by atoms with Crippen LogP contribution in [-0.4, -0.2) is 35.6 Å². The predicted molar refractivity (Wildman–Crippen MR) is 122 cm³/mol. The largest absolute Gasteiger partial charge is 0.481 e. The summed E-state index contributed by atoms with van der Waals surface area (Å²) in [5, 5.41) is 4.87. The summed E-state index contributed by atoms with van der Waals surface area (Å²) in [5.74, 6) is 0.449. The molecule has 0 bridgehead atoms. The number of hydrogen-bond donors (Lipinski definition) is 0. The molecule has 0 atom stereocenters. The fourth-order valence-corrected chi connectivity index (χ4v) is 3.46. The zero-order chi connectivity index (χ0) is 21.8. The first kappa shape index (κ1) is 22.2. The second-order valence-corrected chi connectivity index (χ2v) is 8.53. The highest BCUT2D eigenvalue weighted by atomic mass is 79.9. The van der Waals surface area contributed by atoms with E-state index in [0.717, 1.165) is 8.95 Å². The van der Waals surface area contributed by atoms with Gasteiger partial charge in [-0.2, -0.15) is 9.78 Å². The average molecular weight is 537 g/mol. The van der Waals surface area contributed by atoms with Crippen molar-refractivity contribution in [2.24, 2.45) is 5.10 Å². The Morgan fingerprint density at radius 1 is 1.20 bits per heavy atom. The van der Waals surface area contributed by atoms with E-state index < -0.39 is 5.97 Å². The lowest BCUT2D eigenvalue weighted by Gasteiger charge is -2.12. The summed E-state index contributed by atoms with van der Waals surface area (Å²) >= 11 is 6.81. The molecule has 0 aliphatic rings. The number of benzene rings is 2. The number of hydrogen-bond acceptors (Lipinski definition) is 6. The van der Waals surface area contributed by atoms with Gasteiger partial charge in [0.15, 0.2) is 6.61 Å². The van der Waals surface area contributed by atoms with E-state index in [9.17, 15) is 9.59 Å². The van der Waals surface area contributed by atoms with Gasteiger partial charge in [0.1, 0.15) is 11.6 Å². The van der Waals surface area contributed by atoms with Crippen LogP contribution in [0.15, 0.2) is 55.2 Å². The first-order valence-corrected chi connectivity index (χ1v) is 10.6. The van der Waals surface area contributed by atoms with Gasteiger partial charge in [0.25, 0.3) is 5.56 Å². The topological polar surface area (TPSA) is 82.8 Å². The molecule has 3 rings (SSSR count). The van der Waals surface area contributed by atoms with Gasteiger partial charge in [-0.05, 0) is 36.4 Å². The molecule has 7 nitrogen and oxygen atoms in total. The number of esters is 1. The third kappa shape index (κ3) is 4.96. The fourth-order valence-electron chi connectivity index (χ4n) is 2.72. The minimum absolute atomic E-state index is 0.0274. The van der Waals surface area contributed by atoms with Gasteiger partial charge in [-0.1, -0.05) is 45.7 Å². The molecule has 0 aliphatic carbocycles. The molecule has 0 spiro atoms. The van der Waals surface area contributed by atoms with E-state index >= 15 is 0 Å². The third-order valence-electron chi connectivity index (χ3n) is 4.21. The smallest absolute Gasteiger partial charge is 0.343 e. The first-order valence-electron chi connectivity index (χ1n) is 9.06. The number of aromatic nitrogens is 2. The molecule has 1 heterocycles. The Labute approximate surface area is 190 Å². The molecule has 30 heavy (non-hydrogen) atoms. The SMILES string of the molecule is COC(=O)COc1ccc(Br)cc1C=Nn1c(C(C)C)nc2ccc(Br)cc2c1=O. The Bertz CT molecular complexity index is 1190. The predicted octanol–water partition coefficient (Wildman–Crippen LogP) is 4.48. The molecular weight excluding hydrogens is 518 g/mol. The molecular formula is C21H19Br2N3O4. The Morgan fingerprint density at radius 2 is 1.90 bits per heavy atom. The maximum atomic E-state index is 13.1. The van der Waals surface area contributed by atoms with Crippen LogP contribution in [0.4, 0.5) is 0 Å². The van der Waals surface area contributed by atoms with Crippen molar-refractivity contribution < 1.29 is 14.3 Å². The van der Waals surface area contributed by atoms with Crippen molar-refractivity contribution in [2.75, 3.05) is 13.7 Å². The van der Waals surface area contributed by atoms with E-state index in [1.54, 1.807) is 30.3 Å². The minimum Gasteiger partial charge on any atom is -0.481 e. The molecule has 2 aromatic carbocycles. The number of carbonyl (C=O) groups excluding carboxylic acids is 1. The number of fused-ring (bicyclic) bond motifs is 1. The summed E-state index contributed by atoms with van der Waals surface area (Å²) in [6.45, 7) is 3.66. The monoisotopic (exact) mass is 535 g/mol. The third-order valence-corrected chi connectivity index (χ3v) is 5.19. The van der Waals surface area contributed by atoms with Crippen LogP contribution in [0, 0.1) is 0 Å². The van der Waals surface area contributed by atoms with Gasteiger partial charge in [0.2, 0.25) is 0 Å². The Balaban J connectivity index is 2.08. The molecule has 0 fully saturated rings. The van der Waals surface area contributed by atoms with Gasteiger partial charge in [-0.15, -0.1) is 0 Å². The second kappa shape index (κ2) is 9.53. The van der Waals surface area contributed by atoms with Gasteiger partial charge in [-0.25, -0.2) is 9.78 Å². The standard InChI is InChI=1S/C21H19Br2N3O4/c1-12(2)20-25-17-6-4-15(23)9-16(17)21(28)26(20)24-10-13-8-14(22)5-7-18(13)30-11-19(27)29-3/h4-10,12H,11H2,1-3H3. The molecule has 0 unspecified atom stereocenters. The molecule has 0 saturated heterocycles. The summed E-state index contributed by atoms with van der Waals surface area (Å²) in [6.07, 6.45) is 1.51. The van der Waals surface area contributed by atoms with Crippen LogP contribution in [0.3, 0.4) is 0 Å². The summed E-state index contributed by atoms with van der Waals surface area (Å²) < 4.78 is 13.0. The summed E-state index contributed by atoms with van der Waals surface area (Å²) in [4.78, 5) is 29.2. The Morgan fingerprint density at radius 3 is 2.60 bits per heavy atom. The van der Waals surface area contributed by atoms with Crippen LogP contribution in [0.25, 0.3) is 10.9 Å². The molecule has 9 heteroatoms. The zero-order valence-electron chi connectivity index (χ0n) is 16.6. The van der Waals surface area contributed by atoms with Crippen molar-refractivity contribution in [2.45, 2.75) is 19.8 Å². The van der Waals surface area contributed by atoms with E-state index in [4.69, 9.17) is 4.74 Å². The normalized spacial score (nSPS) is 11.4. The van der Waals surface area contributed by atoms with E-state index in [2.05, 4.69) is 46.7 Å².